The summed E-state index contributed by atoms with van der Waals surface area (Å²) < 4.78 is 1.70. The van der Waals surface area contributed by atoms with Crippen molar-refractivity contribution in [3.05, 3.63) is 108 Å². The Balaban J connectivity index is 1.70. The van der Waals surface area contributed by atoms with Gasteiger partial charge in [-0.05, 0) is 30.7 Å². The summed E-state index contributed by atoms with van der Waals surface area (Å²) in [6.07, 6.45) is 0. The van der Waals surface area contributed by atoms with Crippen LogP contribution in [-0.2, 0) is 0 Å². The SMILES string of the molecule is C[C@H](NC(=O)c1cc(-c2ccccc2)nn1-c1ccccc1)c1ccccc1. The van der Waals surface area contributed by atoms with Crippen molar-refractivity contribution in [3.8, 4) is 16.9 Å². The lowest BCUT2D eigenvalue weighted by Gasteiger charge is -2.15. The van der Waals surface area contributed by atoms with Crippen LogP contribution < -0.4 is 5.32 Å². The number of aromatic nitrogens is 2. The second kappa shape index (κ2) is 7.92. The van der Waals surface area contributed by atoms with E-state index in [4.69, 9.17) is 5.10 Å². The molecule has 1 atom stereocenters. The smallest absolute Gasteiger partial charge is 0.270 e. The quantitative estimate of drug-likeness (QED) is 0.538. The molecule has 0 aliphatic heterocycles. The Morgan fingerprint density at radius 3 is 2.07 bits per heavy atom. The van der Waals surface area contributed by atoms with Crippen molar-refractivity contribution in [1.29, 1.82) is 0 Å². The standard InChI is InChI=1S/C24H21N3O/c1-18(19-11-5-2-6-12-19)25-24(28)23-17-22(20-13-7-3-8-14-20)26-27(23)21-15-9-4-10-16-21/h2-18H,1H3,(H,25,28)/t18-/m0/s1. The van der Waals surface area contributed by atoms with Gasteiger partial charge in [-0.15, -0.1) is 0 Å². The second-order valence-corrected chi connectivity index (χ2v) is 6.63. The molecule has 0 bridgehead atoms. The Bertz CT molecular complexity index is 1060. The van der Waals surface area contributed by atoms with Gasteiger partial charge in [0.05, 0.1) is 17.4 Å². The van der Waals surface area contributed by atoms with Gasteiger partial charge in [0.25, 0.3) is 5.91 Å². The first kappa shape index (κ1) is 17.7. The van der Waals surface area contributed by atoms with Gasteiger partial charge in [0.2, 0.25) is 0 Å². The van der Waals surface area contributed by atoms with Crippen molar-refractivity contribution in [1.82, 2.24) is 15.1 Å². The fourth-order valence-electron chi connectivity index (χ4n) is 3.15. The molecule has 1 amide bonds. The summed E-state index contributed by atoms with van der Waals surface area (Å²) in [4.78, 5) is 13.1. The number of nitrogens with one attached hydrogen (secondary N) is 1. The Morgan fingerprint density at radius 2 is 1.43 bits per heavy atom. The van der Waals surface area contributed by atoms with E-state index in [2.05, 4.69) is 5.32 Å². The van der Waals surface area contributed by atoms with E-state index in [9.17, 15) is 4.79 Å². The van der Waals surface area contributed by atoms with E-state index in [1.54, 1.807) is 4.68 Å². The molecule has 1 heterocycles. The zero-order chi connectivity index (χ0) is 19.3. The van der Waals surface area contributed by atoms with Crippen LogP contribution in [0.1, 0.15) is 29.0 Å². The minimum Gasteiger partial charge on any atom is -0.344 e. The molecular formula is C24H21N3O. The van der Waals surface area contributed by atoms with Crippen LogP contribution >= 0.6 is 0 Å². The first-order valence-corrected chi connectivity index (χ1v) is 9.29. The maximum Gasteiger partial charge on any atom is 0.270 e. The van der Waals surface area contributed by atoms with Gasteiger partial charge in [-0.3, -0.25) is 4.79 Å². The number of rotatable bonds is 5. The highest BCUT2D eigenvalue weighted by molar-refractivity contribution is 5.94. The van der Waals surface area contributed by atoms with E-state index in [-0.39, 0.29) is 11.9 Å². The van der Waals surface area contributed by atoms with Crippen LogP contribution in [0.25, 0.3) is 16.9 Å². The first-order chi connectivity index (χ1) is 13.7. The first-order valence-electron chi connectivity index (χ1n) is 9.29. The Labute approximate surface area is 164 Å². The van der Waals surface area contributed by atoms with Crippen LogP contribution in [0.2, 0.25) is 0 Å². The summed E-state index contributed by atoms with van der Waals surface area (Å²) in [5.74, 6) is -0.158. The lowest BCUT2D eigenvalue weighted by atomic mass is 10.1. The number of hydrogen-bond donors (Lipinski definition) is 1. The number of nitrogens with zero attached hydrogens (tertiary/aromatic N) is 2. The van der Waals surface area contributed by atoms with E-state index in [0.29, 0.717) is 5.69 Å². The summed E-state index contributed by atoms with van der Waals surface area (Å²) in [6.45, 7) is 1.98. The maximum absolute atomic E-state index is 13.1. The molecule has 4 aromatic rings. The van der Waals surface area contributed by atoms with Crippen LogP contribution in [0.4, 0.5) is 0 Å². The molecule has 3 aromatic carbocycles. The predicted molar refractivity (Wildman–Crippen MR) is 111 cm³/mol. The lowest BCUT2D eigenvalue weighted by Crippen LogP contribution is -2.28. The van der Waals surface area contributed by atoms with Crippen molar-refractivity contribution in [2.75, 3.05) is 0 Å². The molecule has 4 rings (SSSR count). The molecule has 1 N–H and O–H groups in total. The average Bonchev–Trinajstić information content (AvgIpc) is 3.21. The predicted octanol–water partition coefficient (Wildman–Crippen LogP) is 5.03. The zero-order valence-electron chi connectivity index (χ0n) is 15.6. The molecule has 0 saturated carbocycles. The van der Waals surface area contributed by atoms with Crippen molar-refractivity contribution < 1.29 is 4.79 Å². The highest BCUT2D eigenvalue weighted by Crippen LogP contribution is 2.22. The molecule has 28 heavy (non-hydrogen) atoms. The van der Waals surface area contributed by atoms with Crippen LogP contribution in [0.15, 0.2) is 97.1 Å². The van der Waals surface area contributed by atoms with Crippen molar-refractivity contribution in [2.45, 2.75) is 13.0 Å². The second-order valence-electron chi connectivity index (χ2n) is 6.63. The highest BCUT2D eigenvalue weighted by atomic mass is 16.2. The van der Waals surface area contributed by atoms with E-state index < -0.39 is 0 Å². The summed E-state index contributed by atoms with van der Waals surface area (Å²) in [7, 11) is 0. The molecule has 0 saturated heterocycles. The Hall–Kier alpha value is -3.66. The third-order valence-electron chi connectivity index (χ3n) is 4.66. The number of hydrogen-bond acceptors (Lipinski definition) is 2. The number of para-hydroxylation sites is 1. The van der Waals surface area contributed by atoms with Crippen LogP contribution in [0.3, 0.4) is 0 Å². The van der Waals surface area contributed by atoms with Gasteiger partial charge in [0.15, 0.2) is 0 Å². The normalized spacial score (nSPS) is 11.8. The molecular weight excluding hydrogens is 346 g/mol. The monoisotopic (exact) mass is 367 g/mol. The molecule has 138 valence electrons. The molecule has 0 radical (unpaired) electrons. The van der Waals surface area contributed by atoms with Gasteiger partial charge in [-0.25, -0.2) is 4.68 Å². The molecule has 0 unspecified atom stereocenters. The minimum absolute atomic E-state index is 0.104. The van der Waals surface area contributed by atoms with Gasteiger partial charge < -0.3 is 5.32 Å². The van der Waals surface area contributed by atoms with Crippen LogP contribution in [0, 0.1) is 0 Å². The third kappa shape index (κ3) is 3.71. The van der Waals surface area contributed by atoms with E-state index in [1.165, 1.54) is 0 Å². The third-order valence-corrected chi connectivity index (χ3v) is 4.66. The van der Waals surface area contributed by atoms with E-state index >= 15 is 0 Å². The average molecular weight is 367 g/mol. The number of amides is 1. The van der Waals surface area contributed by atoms with Gasteiger partial charge >= 0.3 is 0 Å². The molecule has 1 aromatic heterocycles. The largest absolute Gasteiger partial charge is 0.344 e. The summed E-state index contributed by atoms with van der Waals surface area (Å²) in [5.41, 5.74) is 4.16. The Morgan fingerprint density at radius 1 is 0.857 bits per heavy atom. The molecule has 0 aliphatic carbocycles. The summed E-state index contributed by atoms with van der Waals surface area (Å²) >= 11 is 0. The van der Waals surface area contributed by atoms with Crippen LogP contribution in [-0.4, -0.2) is 15.7 Å². The highest BCUT2D eigenvalue weighted by Gasteiger charge is 2.19. The summed E-state index contributed by atoms with van der Waals surface area (Å²) in [6, 6.07) is 31.3. The number of benzene rings is 3. The summed E-state index contributed by atoms with van der Waals surface area (Å²) in [5, 5.41) is 7.80. The molecule has 4 heteroatoms. The van der Waals surface area contributed by atoms with Crippen molar-refractivity contribution in [3.63, 3.8) is 0 Å². The lowest BCUT2D eigenvalue weighted by molar-refractivity contribution is 0.0932. The molecule has 4 nitrogen and oxygen atoms in total. The zero-order valence-corrected chi connectivity index (χ0v) is 15.6. The minimum atomic E-state index is -0.158. The van der Waals surface area contributed by atoms with Gasteiger partial charge in [-0.2, -0.15) is 5.10 Å². The Kier molecular flexibility index (Phi) is 5.02. The molecule has 0 fully saturated rings. The van der Waals surface area contributed by atoms with Gasteiger partial charge in [-0.1, -0.05) is 78.9 Å². The number of carbonyl (C=O) groups is 1. The van der Waals surface area contributed by atoms with E-state index in [1.807, 2.05) is 104 Å². The fourth-order valence-corrected chi connectivity index (χ4v) is 3.15. The van der Waals surface area contributed by atoms with Crippen molar-refractivity contribution >= 4 is 5.91 Å². The fraction of sp³-hybridized carbons (Fsp3) is 0.0833. The van der Waals surface area contributed by atoms with Gasteiger partial charge in [0.1, 0.15) is 5.69 Å². The molecule has 0 spiro atoms. The number of carbonyl (C=O) groups excluding carboxylic acids is 1. The maximum atomic E-state index is 13.1. The molecule has 0 aliphatic rings. The van der Waals surface area contributed by atoms with E-state index in [0.717, 1.165) is 22.5 Å². The topological polar surface area (TPSA) is 46.9 Å². The van der Waals surface area contributed by atoms with Crippen molar-refractivity contribution in [2.24, 2.45) is 0 Å². The van der Waals surface area contributed by atoms with Crippen LogP contribution in [0.5, 0.6) is 0 Å². The van der Waals surface area contributed by atoms with Gasteiger partial charge in [0, 0.05) is 5.56 Å².